The predicted octanol–water partition coefficient (Wildman–Crippen LogP) is 4.48. The Morgan fingerprint density at radius 1 is 1.20 bits per heavy atom. The Hall–Kier alpha value is -2.18. The van der Waals surface area contributed by atoms with Crippen LogP contribution in [0.15, 0.2) is 53.0 Å². The van der Waals surface area contributed by atoms with E-state index in [0.29, 0.717) is 24.7 Å². The lowest BCUT2D eigenvalue weighted by molar-refractivity contribution is 0.102. The van der Waals surface area contributed by atoms with Gasteiger partial charge in [0, 0.05) is 24.2 Å². The first-order valence-corrected chi connectivity index (χ1v) is 9.09. The van der Waals surface area contributed by atoms with Crippen LogP contribution in [0, 0.1) is 0 Å². The predicted molar refractivity (Wildman–Crippen MR) is 103 cm³/mol. The number of carbonyl (C=O) groups excluding carboxylic acids is 1. The Bertz CT molecular complexity index is 876. The molecule has 1 amide bonds. The molecule has 0 aliphatic carbocycles. The molecule has 3 aromatic rings. The lowest BCUT2D eigenvalue weighted by Crippen LogP contribution is -2.17. The largest absolute Gasteiger partial charge is 0.382 e. The number of para-hydroxylation sites is 2. The van der Waals surface area contributed by atoms with E-state index in [1.165, 1.54) is 0 Å². The molecule has 0 saturated carbocycles. The van der Waals surface area contributed by atoms with Crippen LogP contribution in [-0.2, 0) is 11.3 Å². The molecule has 0 saturated heterocycles. The molecule has 0 aliphatic heterocycles. The minimum atomic E-state index is -0.186. The van der Waals surface area contributed by atoms with Crippen molar-refractivity contribution in [2.45, 2.75) is 19.9 Å². The lowest BCUT2D eigenvalue weighted by Gasteiger charge is -2.11. The van der Waals surface area contributed by atoms with Crippen molar-refractivity contribution < 1.29 is 9.53 Å². The van der Waals surface area contributed by atoms with Gasteiger partial charge in [0.25, 0.3) is 5.91 Å². The Kier molecular flexibility index (Phi) is 5.83. The average molecular weight is 402 g/mol. The second-order valence-corrected chi connectivity index (χ2v) is 6.41. The number of halogens is 1. The van der Waals surface area contributed by atoms with Crippen LogP contribution >= 0.6 is 15.9 Å². The van der Waals surface area contributed by atoms with Crippen molar-refractivity contribution in [3.63, 3.8) is 0 Å². The summed E-state index contributed by atoms with van der Waals surface area (Å²) in [6.45, 7) is 4.10. The van der Waals surface area contributed by atoms with E-state index in [9.17, 15) is 4.79 Å². The molecule has 3 rings (SSSR count). The molecule has 1 aromatic heterocycles. The van der Waals surface area contributed by atoms with Crippen molar-refractivity contribution in [3.8, 4) is 0 Å². The van der Waals surface area contributed by atoms with E-state index < -0.39 is 0 Å². The monoisotopic (exact) mass is 401 g/mol. The number of hydrogen-bond donors (Lipinski definition) is 1. The Labute approximate surface area is 155 Å². The third-order valence-electron chi connectivity index (χ3n) is 3.87. The first-order chi connectivity index (χ1) is 12.2. The second kappa shape index (κ2) is 8.27. The summed E-state index contributed by atoms with van der Waals surface area (Å²) in [6, 6.07) is 15.2. The summed E-state index contributed by atoms with van der Waals surface area (Å²) in [4.78, 5) is 17.2. The van der Waals surface area contributed by atoms with Crippen LogP contribution in [0.1, 0.15) is 23.7 Å². The van der Waals surface area contributed by atoms with Gasteiger partial charge in [-0.2, -0.15) is 0 Å². The number of benzene rings is 2. The van der Waals surface area contributed by atoms with Crippen molar-refractivity contribution in [1.82, 2.24) is 9.55 Å². The molecule has 0 fully saturated rings. The van der Waals surface area contributed by atoms with Crippen molar-refractivity contribution >= 4 is 38.8 Å². The van der Waals surface area contributed by atoms with Crippen molar-refractivity contribution in [1.29, 1.82) is 0 Å². The number of imidazole rings is 1. The Morgan fingerprint density at radius 3 is 2.76 bits per heavy atom. The molecule has 130 valence electrons. The van der Waals surface area contributed by atoms with Gasteiger partial charge >= 0.3 is 0 Å². The quantitative estimate of drug-likeness (QED) is 0.593. The maximum Gasteiger partial charge on any atom is 0.259 e. The van der Waals surface area contributed by atoms with Gasteiger partial charge in [-0.15, -0.1) is 0 Å². The summed E-state index contributed by atoms with van der Waals surface area (Å²) in [5.41, 5.74) is 2.44. The molecule has 0 radical (unpaired) electrons. The zero-order valence-electron chi connectivity index (χ0n) is 14.0. The molecule has 1 N–H and O–H groups in total. The Balaban J connectivity index is 1.87. The first-order valence-electron chi connectivity index (χ1n) is 8.29. The number of amides is 1. The number of hydrogen-bond acceptors (Lipinski definition) is 3. The molecule has 0 aliphatic rings. The van der Waals surface area contributed by atoms with Crippen molar-refractivity contribution in [2.75, 3.05) is 18.5 Å². The van der Waals surface area contributed by atoms with Gasteiger partial charge in [-0.25, -0.2) is 4.98 Å². The fourth-order valence-corrected chi connectivity index (χ4v) is 3.15. The summed E-state index contributed by atoms with van der Waals surface area (Å²) < 4.78 is 8.21. The summed E-state index contributed by atoms with van der Waals surface area (Å²) in [5.74, 6) is 0.368. The molecule has 6 heteroatoms. The Morgan fingerprint density at radius 2 is 1.96 bits per heavy atom. The number of anilines is 1. The van der Waals surface area contributed by atoms with Crippen LogP contribution in [0.2, 0.25) is 0 Å². The highest BCUT2D eigenvalue weighted by atomic mass is 79.9. The minimum Gasteiger partial charge on any atom is -0.382 e. The number of carbonyl (C=O) groups is 1. The number of fused-ring (bicyclic) bond motifs is 1. The van der Waals surface area contributed by atoms with Crippen LogP contribution in [0.25, 0.3) is 11.0 Å². The first kappa shape index (κ1) is 17.6. The van der Waals surface area contributed by atoms with Gasteiger partial charge in [-0.05, 0) is 53.5 Å². The van der Waals surface area contributed by atoms with Crippen LogP contribution < -0.4 is 5.32 Å². The fraction of sp³-hybridized carbons (Fsp3) is 0.263. The number of ether oxygens (including phenoxy) is 1. The zero-order chi connectivity index (χ0) is 17.6. The lowest BCUT2D eigenvalue weighted by atomic mass is 10.2. The van der Waals surface area contributed by atoms with Gasteiger partial charge in [0.05, 0.1) is 16.6 Å². The highest BCUT2D eigenvalue weighted by Gasteiger charge is 2.15. The number of aryl methyl sites for hydroxylation is 1. The van der Waals surface area contributed by atoms with Crippen LogP contribution in [0.3, 0.4) is 0 Å². The molecule has 0 spiro atoms. The van der Waals surface area contributed by atoms with Gasteiger partial charge in [-0.3, -0.25) is 10.1 Å². The molecule has 2 aromatic carbocycles. The normalized spacial score (nSPS) is 11.0. The fourth-order valence-electron chi connectivity index (χ4n) is 2.68. The van der Waals surface area contributed by atoms with Gasteiger partial charge in [0.15, 0.2) is 0 Å². The van der Waals surface area contributed by atoms with Gasteiger partial charge in [0.1, 0.15) is 0 Å². The number of nitrogens with one attached hydrogen (secondary N) is 1. The molecule has 25 heavy (non-hydrogen) atoms. The molecule has 5 nitrogen and oxygen atoms in total. The summed E-state index contributed by atoms with van der Waals surface area (Å²) >= 11 is 3.42. The number of aromatic nitrogens is 2. The molecule has 0 bridgehead atoms. The van der Waals surface area contributed by atoms with Gasteiger partial charge in [0.2, 0.25) is 5.95 Å². The topological polar surface area (TPSA) is 56.1 Å². The third kappa shape index (κ3) is 4.08. The van der Waals surface area contributed by atoms with E-state index in [2.05, 4.69) is 26.2 Å². The van der Waals surface area contributed by atoms with E-state index in [1.807, 2.05) is 54.0 Å². The molecular formula is C19H20BrN3O2. The summed E-state index contributed by atoms with van der Waals surface area (Å²) in [7, 11) is 0. The standard InChI is InChI=1S/C19H20BrN3O2/c1-2-25-13-7-12-23-17-11-6-5-10-16(17)21-19(23)22-18(24)14-8-3-4-9-15(14)20/h3-6,8-11H,2,7,12-13H2,1H3,(H,21,22,24). The van der Waals surface area contributed by atoms with Gasteiger partial charge in [-0.1, -0.05) is 24.3 Å². The van der Waals surface area contributed by atoms with E-state index >= 15 is 0 Å². The highest BCUT2D eigenvalue weighted by molar-refractivity contribution is 9.10. The maximum absolute atomic E-state index is 12.6. The SMILES string of the molecule is CCOCCCn1c(NC(=O)c2ccccc2Br)nc2ccccc21. The minimum absolute atomic E-state index is 0.186. The molecule has 0 unspecified atom stereocenters. The van der Waals surface area contributed by atoms with Crippen molar-refractivity contribution in [2.24, 2.45) is 0 Å². The third-order valence-corrected chi connectivity index (χ3v) is 4.56. The highest BCUT2D eigenvalue weighted by Crippen LogP contribution is 2.22. The number of nitrogens with zero attached hydrogens (tertiary/aromatic N) is 2. The maximum atomic E-state index is 12.6. The summed E-state index contributed by atoms with van der Waals surface area (Å²) in [6.07, 6.45) is 0.853. The molecule has 0 atom stereocenters. The second-order valence-electron chi connectivity index (χ2n) is 5.56. The summed E-state index contributed by atoms with van der Waals surface area (Å²) in [5, 5.41) is 2.94. The van der Waals surface area contributed by atoms with Crippen molar-refractivity contribution in [3.05, 3.63) is 58.6 Å². The van der Waals surface area contributed by atoms with E-state index in [1.54, 1.807) is 6.07 Å². The zero-order valence-corrected chi connectivity index (χ0v) is 15.6. The van der Waals surface area contributed by atoms with Crippen LogP contribution in [-0.4, -0.2) is 28.7 Å². The van der Waals surface area contributed by atoms with Crippen LogP contribution in [0.5, 0.6) is 0 Å². The van der Waals surface area contributed by atoms with E-state index in [-0.39, 0.29) is 5.91 Å². The molecular weight excluding hydrogens is 382 g/mol. The number of rotatable bonds is 7. The van der Waals surface area contributed by atoms with E-state index in [4.69, 9.17) is 4.74 Å². The average Bonchev–Trinajstić information content (AvgIpc) is 2.96. The van der Waals surface area contributed by atoms with E-state index in [0.717, 1.165) is 28.5 Å². The van der Waals surface area contributed by atoms with Crippen LogP contribution in [0.4, 0.5) is 5.95 Å². The smallest absolute Gasteiger partial charge is 0.259 e. The molecule has 1 heterocycles. The van der Waals surface area contributed by atoms with Gasteiger partial charge < -0.3 is 9.30 Å².